The van der Waals surface area contributed by atoms with E-state index in [9.17, 15) is 23.2 Å². The van der Waals surface area contributed by atoms with Gasteiger partial charge in [0.05, 0.1) is 18.8 Å². The van der Waals surface area contributed by atoms with Gasteiger partial charge in [-0.05, 0) is 38.1 Å². The molecule has 10 heteroatoms. The second kappa shape index (κ2) is 10.7. The minimum absolute atomic E-state index is 0.331. The van der Waals surface area contributed by atoms with E-state index < -0.39 is 41.7 Å². The number of ether oxygens (including phenoxy) is 3. The van der Waals surface area contributed by atoms with Crippen molar-refractivity contribution in [3.8, 4) is 11.5 Å². The number of rotatable bonds is 8. The van der Waals surface area contributed by atoms with Crippen molar-refractivity contribution < 1.29 is 37.4 Å². The third-order valence-corrected chi connectivity index (χ3v) is 3.54. The number of carbonyl (C=O) groups is 3. The van der Waals surface area contributed by atoms with Crippen molar-refractivity contribution in [1.29, 1.82) is 0 Å². The molecule has 0 unspecified atom stereocenters. The van der Waals surface area contributed by atoms with E-state index in [1.54, 1.807) is 19.1 Å². The van der Waals surface area contributed by atoms with E-state index >= 15 is 0 Å². The van der Waals surface area contributed by atoms with Gasteiger partial charge in [-0.15, -0.1) is 0 Å². The normalized spacial score (nSPS) is 10.1. The molecule has 3 amide bonds. The minimum Gasteiger partial charge on any atom is -0.490 e. The van der Waals surface area contributed by atoms with Gasteiger partial charge in [-0.3, -0.25) is 10.1 Å². The van der Waals surface area contributed by atoms with E-state index in [0.29, 0.717) is 36.5 Å². The van der Waals surface area contributed by atoms with Crippen LogP contribution in [0.25, 0.3) is 0 Å². The summed E-state index contributed by atoms with van der Waals surface area (Å²) in [6, 6.07) is 6.07. The minimum atomic E-state index is -1.17. The van der Waals surface area contributed by atoms with Crippen LogP contribution in [-0.2, 0) is 9.53 Å². The lowest BCUT2D eigenvalue weighted by Crippen LogP contribution is -2.37. The Balaban J connectivity index is 1.89. The number of hydrogen-bond acceptors (Lipinski definition) is 6. The molecule has 0 fully saturated rings. The molecule has 2 aromatic carbocycles. The standard InChI is InChI=1S/C20H20F2N2O6/c1-3-28-16-8-6-13(10-17(16)29-4-2)23-20(27)24-18(25)11-30-19(26)14-7-5-12(21)9-15(14)22/h5-10H,3-4,11H2,1-2H3,(H2,23,24,25,27). The van der Waals surface area contributed by atoms with Gasteiger partial charge < -0.3 is 19.5 Å². The van der Waals surface area contributed by atoms with E-state index in [1.165, 1.54) is 6.07 Å². The Bertz CT molecular complexity index is 936. The monoisotopic (exact) mass is 422 g/mol. The second-order valence-electron chi connectivity index (χ2n) is 5.73. The van der Waals surface area contributed by atoms with E-state index in [-0.39, 0.29) is 0 Å². The second-order valence-corrected chi connectivity index (χ2v) is 5.73. The van der Waals surface area contributed by atoms with Gasteiger partial charge in [0.2, 0.25) is 0 Å². The Hall–Kier alpha value is -3.69. The summed E-state index contributed by atoms with van der Waals surface area (Å²) in [7, 11) is 0. The van der Waals surface area contributed by atoms with Gasteiger partial charge in [-0.2, -0.15) is 0 Å². The Kier molecular flexibility index (Phi) is 8.09. The van der Waals surface area contributed by atoms with Crippen LogP contribution in [0.3, 0.4) is 0 Å². The molecule has 0 aliphatic rings. The van der Waals surface area contributed by atoms with Crippen LogP contribution in [0, 0.1) is 11.6 Å². The van der Waals surface area contributed by atoms with E-state index in [1.807, 2.05) is 12.2 Å². The third kappa shape index (κ3) is 6.43. The topological polar surface area (TPSA) is 103 Å². The summed E-state index contributed by atoms with van der Waals surface area (Å²) in [5.41, 5.74) is -0.205. The number of halogens is 2. The number of nitrogens with one attached hydrogen (secondary N) is 2. The number of anilines is 1. The molecule has 2 rings (SSSR count). The first-order valence-corrected chi connectivity index (χ1v) is 8.96. The summed E-state index contributed by atoms with van der Waals surface area (Å²) in [5, 5.41) is 4.39. The summed E-state index contributed by atoms with van der Waals surface area (Å²) in [4.78, 5) is 35.5. The highest BCUT2D eigenvalue weighted by atomic mass is 19.1. The van der Waals surface area contributed by atoms with Gasteiger partial charge in [0.1, 0.15) is 11.6 Å². The number of benzene rings is 2. The molecule has 0 heterocycles. The fourth-order valence-electron chi connectivity index (χ4n) is 2.32. The quantitative estimate of drug-likeness (QED) is 0.633. The summed E-state index contributed by atoms with van der Waals surface area (Å²) in [6.07, 6.45) is 0. The van der Waals surface area contributed by atoms with Crippen LogP contribution in [0.2, 0.25) is 0 Å². The van der Waals surface area contributed by atoms with Gasteiger partial charge in [-0.25, -0.2) is 18.4 Å². The Labute approximate surface area is 171 Å². The number of esters is 1. The summed E-state index contributed by atoms with van der Waals surface area (Å²) in [6.45, 7) is 3.59. The largest absolute Gasteiger partial charge is 0.490 e. The third-order valence-electron chi connectivity index (χ3n) is 3.54. The number of carbonyl (C=O) groups excluding carboxylic acids is 3. The molecule has 0 aromatic heterocycles. The SMILES string of the molecule is CCOc1ccc(NC(=O)NC(=O)COC(=O)c2ccc(F)cc2F)cc1OCC. The molecule has 0 radical (unpaired) electrons. The van der Waals surface area contributed by atoms with Crippen LogP contribution in [0.15, 0.2) is 36.4 Å². The fourth-order valence-corrected chi connectivity index (χ4v) is 2.32. The van der Waals surface area contributed by atoms with Crippen molar-refractivity contribution in [3.63, 3.8) is 0 Å². The lowest BCUT2D eigenvalue weighted by atomic mass is 10.2. The molecule has 0 aliphatic heterocycles. The van der Waals surface area contributed by atoms with Crippen LogP contribution in [-0.4, -0.2) is 37.7 Å². The first kappa shape index (κ1) is 22.6. The maximum Gasteiger partial charge on any atom is 0.341 e. The highest BCUT2D eigenvalue weighted by molar-refractivity contribution is 6.02. The summed E-state index contributed by atoms with van der Waals surface area (Å²) in [5.74, 6) is -3.19. The van der Waals surface area contributed by atoms with Gasteiger partial charge >= 0.3 is 12.0 Å². The van der Waals surface area contributed by atoms with Crippen molar-refractivity contribution >= 4 is 23.6 Å². The first-order chi connectivity index (χ1) is 14.3. The average molecular weight is 422 g/mol. The van der Waals surface area contributed by atoms with E-state index in [0.717, 1.165) is 12.1 Å². The molecule has 0 atom stereocenters. The first-order valence-electron chi connectivity index (χ1n) is 8.96. The maximum absolute atomic E-state index is 13.5. The number of amides is 3. The zero-order chi connectivity index (χ0) is 22.1. The molecule has 160 valence electrons. The lowest BCUT2D eigenvalue weighted by Gasteiger charge is -2.13. The number of urea groups is 1. The molecule has 0 spiro atoms. The van der Waals surface area contributed by atoms with Gasteiger partial charge in [0.15, 0.2) is 18.1 Å². The van der Waals surface area contributed by atoms with Crippen molar-refractivity contribution in [2.75, 3.05) is 25.1 Å². The van der Waals surface area contributed by atoms with Gasteiger partial charge in [0.25, 0.3) is 5.91 Å². The Morgan fingerprint density at radius 2 is 1.63 bits per heavy atom. The highest BCUT2D eigenvalue weighted by Crippen LogP contribution is 2.30. The molecule has 0 saturated carbocycles. The number of imide groups is 1. The molecule has 0 aliphatic carbocycles. The van der Waals surface area contributed by atoms with Gasteiger partial charge in [-0.1, -0.05) is 0 Å². The smallest absolute Gasteiger partial charge is 0.341 e. The van der Waals surface area contributed by atoms with Crippen LogP contribution < -0.4 is 20.1 Å². The van der Waals surface area contributed by atoms with E-state index in [4.69, 9.17) is 9.47 Å². The van der Waals surface area contributed by atoms with Crippen LogP contribution in [0.5, 0.6) is 11.5 Å². The average Bonchev–Trinajstić information content (AvgIpc) is 2.68. The molecule has 0 saturated heterocycles. The molecule has 8 nitrogen and oxygen atoms in total. The predicted octanol–water partition coefficient (Wildman–Crippen LogP) is 3.27. The molecule has 0 bridgehead atoms. The Morgan fingerprint density at radius 1 is 0.933 bits per heavy atom. The van der Waals surface area contributed by atoms with Crippen molar-refractivity contribution in [3.05, 3.63) is 53.6 Å². The maximum atomic E-state index is 13.5. The summed E-state index contributed by atoms with van der Waals surface area (Å²) >= 11 is 0. The fraction of sp³-hybridized carbons (Fsp3) is 0.250. The van der Waals surface area contributed by atoms with Crippen molar-refractivity contribution in [2.45, 2.75) is 13.8 Å². The lowest BCUT2D eigenvalue weighted by molar-refractivity contribution is -0.123. The van der Waals surface area contributed by atoms with Crippen LogP contribution in [0.1, 0.15) is 24.2 Å². The Morgan fingerprint density at radius 3 is 2.30 bits per heavy atom. The molecule has 2 N–H and O–H groups in total. The highest BCUT2D eigenvalue weighted by Gasteiger charge is 2.17. The molecular formula is C20H20F2N2O6. The van der Waals surface area contributed by atoms with Crippen molar-refractivity contribution in [2.24, 2.45) is 0 Å². The molecule has 30 heavy (non-hydrogen) atoms. The van der Waals surface area contributed by atoms with Crippen molar-refractivity contribution in [1.82, 2.24) is 5.32 Å². The van der Waals surface area contributed by atoms with Crippen LogP contribution in [0.4, 0.5) is 19.3 Å². The zero-order valence-corrected chi connectivity index (χ0v) is 16.3. The summed E-state index contributed by atoms with van der Waals surface area (Å²) < 4.78 is 41.9. The van der Waals surface area contributed by atoms with E-state index in [2.05, 4.69) is 10.1 Å². The predicted molar refractivity (Wildman–Crippen MR) is 103 cm³/mol. The number of hydrogen-bond donors (Lipinski definition) is 2. The van der Waals surface area contributed by atoms with Gasteiger partial charge in [0, 0.05) is 17.8 Å². The molecule has 2 aromatic rings. The zero-order valence-electron chi connectivity index (χ0n) is 16.3. The molecular weight excluding hydrogens is 402 g/mol. The van der Waals surface area contributed by atoms with Crippen LogP contribution >= 0.6 is 0 Å².